The van der Waals surface area contributed by atoms with Crippen LogP contribution in [-0.4, -0.2) is 45.3 Å². The topological polar surface area (TPSA) is 81.0 Å². The summed E-state index contributed by atoms with van der Waals surface area (Å²) in [4.78, 5) is 13.9. The maximum Gasteiger partial charge on any atom is 0.243 e. The molecule has 0 amide bonds. The normalized spacial score (nSPS) is 15.8. The Morgan fingerprint density at radius 2 is 1.79 bits per heavy atom. The summed E-state index contributed by atoms with van der Waals surface area (Å²) in [5, 5.41) is 1.63. The molecule has 29 heavy (non-hydrogen) atoms. The van der Waals surface area contributed by atoms with E-state index >= 15 is 0 Å². The van der Waals surface area contributed by atoms with Crippen LogP contribution in [0.2, 0.25) is 0 Å². The van der Waals surface area contributed by atoms with Gasteiger partial charge in [-0.2, -0.15) is 4.31 Å². The number of aryl methyl sites for hydroxylation is 3. The lowest BCUT2D eigenvalue weighted by molar-refractivity contribution is 0.346. The summed E-state index contributed by atoms with van der Waals surface area (Å²) in [6.45, 7) is 7.80. The third-order valence-corrected chi connectivity index (χ3v) is 7.90. The minimum absolute atomic E-state index is 0.318. The van der Waals surface area contributed by atoms with Crippen LogP contribution in [0.1, 0.15) is 37.7 Å². The van der Waals surface area contributed by atoms with Gasteiger partial charge in [0.15, 0.2) is 5.16 Å². The van der Waals surface area contributed by atoms with Gasteiger partial charge in [-0.25, -0.2) is 23.4 Å². The average Bonchev–Trinajstić information content (AvgIpc) is 3.03. The number of nitrogens with zero attached hydrogens (tertiary/aromatic N) is 5. The van der Waals surface area contributed by atoms with Gasteiger partial charge in [-0.1, -0.05) is 6.42 Å². The van der Waals surface area contributed by atoms with Gasteiger partial charge >= 0.3 is 0 Å². The summed E-state index contributed by atoms with van der Waals surface area (Å²) < 4.78 is 29.7. The predicted octanol–water partition coefficient (Wildman–Crippen LogP) is 3.79. The zero-order chi connectivity index (χ0) is 20.6. The smallest absolute Gasteiger partial charge is 0.243 e. The van der Waals surface area contributed by atoms with Gasteiger partial charge in [0.1, 0.15) is 10.9 Å². The second-order valence-corrected chi connectivity index (χ2v) is 10.2. The molecule has 3 heterocycles. The van der Waals surface area contributed by atoms with Gasteiger partial charge in [0.25, 0.3) is 0 Å². The second-order valence-electron chi connectivity index (χ2n) is 7.25. The summed E-state index contributed by atoms with van der Waals surface area (Å²) in [5.41, 5.74) is 2.53. The Morgan fingerprint density at radius 3 is 2.48 bits per heavy atom. The van der Waals surface area contributed by atoms with Crippen LogP contribution in [0.3, 0.4) is 0 Å². The Labute approximate surface area is 175 Å². The van der Waals surface area contributed by atoms with Gasteiger partial charge in [0.2, 0.25) is 10.0 Å². The molecule has 1 aliphatic heterocycles. The standard InChI is InChI=1S/C20H25N5O2S2/c1-4-25-18-9-8-16(29(26,27)24-10-6-5-7-11-24)13-17(18)23-20(25)28-19-12-14(2)21-15(3)22-19/h8-9,12-13H,4-7,10-11H2,1-3H3. The fourth-order valence-electron chi connectivity index (χ4n) is 3.71. The lowest BCUT2D eigenvalue weighted by Gasteiger charge is -2.25. The molecule has 0 aliphatic carbocycles. The molecule has 0 N–H and O–H groups in total. The number of piperidine rings is 1. The highest BCUT2D eigenvalue weighted by Gasteiger charge is 2.26. The van der Waals surface area contributed by atoms with Gasteiger partial charge in [0, 0.05) is 25.3 Å². The van der Waals surface area contributed by atoms with Crippen molar-refractivity contribution in [2.24, 2.45) is 0 Å². The summed E-state index contributed by atoms with van der Waals surface area (Å²) in [6.07, 6.45) is 2.93. The van der Waals surface area contributed by atoms with Crippen molar-refractivity contribution in [2.75, 3.05) is 13.1 Å². The number of hydrogen-bond donors (Lipinski definition) is 0. The number of fused-ring (bicyclic) bond motifs is 1. The van der Waals surface area contributed by atoms with Crippen molar-refractivity contribution in [3.8, 4) is 0 Å². The van der Waals surface area contributed by atoms with Gasteiger partial charge < -0.3 is 4.57 Å². The third kappa shape index (κ3) is 4.04. The molecule has 1 aliphatic rings. The van der Waals surface area contributed by atoms with Gasteiger partial charge in [-0.15, -0.1) is 0 Å². The first kappa shape index (κ1) is 20.3. The maximum atomic E-state index is 13.0. The highest BCUT2D eigenvalue weighted by Crippen LogP contribution is 2.31. The quantitative estimate of drug-likeness (QED) is 0.572. The van der Waals surface area contributed by atoms with E-state index in [1.165, 1.54) is 11.8 Å². The van der Waals surface area contributed by atoms with Crippen LogP contribution in [0.25, 0.3) is 11.0 Å². The average molecular weight is 432 g/mol. The van der Waals surface area contributed by atoms with Crippen molar-refractivity contribution in [3.05, 3.63) is 35.8 Å². The fraction of sp³-hybridized carbons (Fsp3) is 0.450. The largest absolute Gasteiger partial charge is 0.319 e. The molecular formula is C20H25N5O2S2. The molecule has 4 rings (SSSR count). The van der Waals surface area contributed by atoms with Crippen LogP contribution < -0.4 is 0 Å². The fourth-order valence-corrected chi connectivity index (χ4v) is 6.33. The molecule has 1 saturated heterocycles. The molecule has 0 saturated carbocycles. The molecule has 0 atom stereocenters. The molecule has 9 heteroatoms. The molecule has 0 unspecified atom stereocenters. The van der Waals surface area contributed by atoms with Crippen molar-refractivity contribution in [1.82, 2.24) is 23.8 Å². The highest BCUT2D eigenvalue weighted by molar-refractivity contribution is 7.99. The van der Waals surface area contributed by atoms with Crippen LogP contribution in [0.4, 0.5) is 0 Å². The number of benzene rings is 1. The molecule has 3 aromatic rings. The molecule has 2 aromatic heterocycles. The Kier molecular flexibility index (Phi) is 5.63. The van der Waals surface area contributed by atoms with E-state index < -0.39 is 10.0 Å². The number of sulfonamides is 1. The van der Waals surface area contributed by atoms with E-state index in [-0.39, 0.29) is 0 Å². The zero-order valence-electron chi connectivity index (χ0n) is 16.9. The summed E-state index contributed by atoms with van der Waals surface area (Å²) >= 11 is 1.48. The van der Waals surface area contributed by atoms with Crippen LogP contribution >= 0.6 is 11.8 Å². The molecule has 0 bridgehead atoms. The lowest BCUT2D eigenvalue weighted by atomic mass is 10.2. The van der Waals surface area contributed by atoms with Gasteiger partial charge in [0.05, 0.1) is 15.9 Å². The van der Waals surface area contributed by atoms with Crippen LogP contribution in [-0.2, 0) is 16.6 Å². The Hall–Kier alpha value is -1.97. The molecule has 1 fully saturated rings. The number of imidazole rings is 1. The Balaban J connectivity index is 1.72. The van der Waals surface area contributed by atoms with E-state index in [2.05, 4.69) is 21.5 Å². The van der Waals surface area contributed by atoms with Crippen LogP contribution in [0.5, 0.6) is 0 Å². The number of aromatic nitrogens is 4. The first-order chi connectivity index (χ1) is 13.9. The maximum absolute atomic E-state index is 13.0. The summed E-state index contributed by atoms with van der Waals surface area (Å²) in [6, 6.07) is 7.20. The van der Waals surface area contributed by atoms with Crippen molar-refractivity contribution in [1.29, 1.82) is 0 Å². The van der Waals surface area contributed by atoms with E-state index in [0.29, 0.717) is 23.5 Å². The van der Waals surface area contributed by atoms with E-state index in [9.17, 15) is 8.42 Å². The van der Waals surface area contributed by atoms with Gasteiger partial charge in [-0.05, 0) is 69.6 Å². The van der Waals surface area contributed by atoms with Crippen LogP contribution in [0, 0.1) is 13.8 Å². The van der Waals surface area contributed by atoms with Crippen molar-refractivity contribution < 1.29 is 8.42 Å². The second kappa shape index (κ2) is 8.04. The summed E-state index contributed by atoms with van der Waals surface area (Å²) in [5.74, 6) is 0.724. The Bertz CT molecular complexity index is 1130. The highest BCUT2D eigenvalue weighted by atomic mass is 32.2. The molecule has 1 aromatic carbocycles. The summed E-state index contributed by atoms with van der Waals surface area (Å²) in [7, 11) is -3.48. The molecule has 0 spiro atoms. The molecule has 154 valence electrons. The SMILES string of the molecule is CCn1c(Sc2cc(C)nc(C)n2)nc2cc(S(=O)(=O)N3CCCCC3)ccc21. The van der Waals surface area contributed by atoms with Crippen LogP contribution in [0.15, 0.2) is 39.3 Å². The zero-order valence-corrected chi connectivity index (χ0v) is 18.6. The van der Waals surface area contributed by atoms with Crippen molar-refractivity contribution in [3.63, 3.8) is 0 Å². The van der Waals surface area contributed by atoms with Gasteiger partial charge in [-0.3, -0.25) is 0 Å². The van der Waals surface area contributed by atoms with E-state index in [1.807, 2.05) is 26.0 Å². The third-order valence-electron chi connectivity index (χ3n) is 5.09. The number of hydrogen-bond acceptors (Lipinski definition) is 6. The van der Waals surface area contributed by atoms with Crippen molar-refractivity contribution in [2.45, 2.75) is 61.7 Å². The van der Waals surface area contributed by atoms with E-state index in [0.717, 1.165) is 53.0 Å². The molecular weight excluding hydrogens is 406 g/mol. The lowest BCUT2D eigenvalue weighted by Crippen LogP contribution is -2.35. The molecule has 7 nitrogen and oxygen atoms in total. The minimum Gasteiger partial charge on any atom is -0.319 e. The van der Waals surface area contributed by atoms with E-state index in [4.69, 9.17) is 4.98 Å². The monoisotopic (exact) mass is 431 g/mol. The minimum atomic E-state index is -3.48. The first-order valence-corrected chi connectivity index (χ1v) is 12.1. The number of rotatable bonds is 5. The van der Waals surface area contributed by atoms with Crippen molar-refractivity contribution >= 4 is 32.8 Å². The Morgan fingerprint density at radius 1 is 1.03 bits per heavy atom. The predicted molar refractivity (Wildman–Crippen MR) is 114 cm³/mol. The first-order valence-electron chi connectivity index (χ1n) is 9.89. The van der Waals surface area contributed by atoms with E-state index in [1.54, 1.807) is 16.4 Å². The molecule has 0 radical (unpaired) electrons.